The average molecular weight is 522 g/mol. The van der Waals surface area contributed by atoms with Gasteiger partial charge in [0.2, 0.25) is 0 Å². The molecular weight excluding hydrogens is 490 g/mol. The van der Waals surface area contributed by atoms with E-state index in [4.69, 9.17) is 11.6 Å². The number of benzene rings is 3. The van der Waals surface area contributed by atoms with Crippen LogP contribution in [0.3, 0.4) is 0 Å². The van der Waals surface area contributed by atoms with Gasteiger partial charge in [-0.25, -0.2) is 0 Å². The smallest absolute Gasteiger partial charge is 0.273 e. The predicted molar refractivity (Wildman–Crippen MR) is 157 cm³/mol. The van der Waals surface area contributed by atoms with Crippen molar-refractivity contribution in [2.24, 2.45) is 0 Å². The fraction of sp³-hybridized carbons (Fsp3) is 0.242. The standard InChI is InChI=1S/C33H32ClN3O/c1-21(2)23-14-16-25(17-15-23)30-28-9-4-5-18-36-29(24-12-10-22(3)11-13-24)20-37(33(28)36)31(30)32(38)35-27-8-6-7-26(34)19-27/h6-8,10-17,19-21H,4-5,9,18H2,1-3H3,(H,35,38). The maximum absolute atomic E-state index is 14.1. The highest BCUT2D eigenvalue weighted by Crippen LogP contribution is 2.40. The van der Waals surface area contributed by atoms with Crippen LogP contribution >= 0.6 is 11.6 Å². The zero-order chi connectivity index (χ0) is 26.4. The van der Waals surface area contributed by atoms with Crippen molar-refractivity contribution in [1.29, 1.82) is 0 Å². The van der Waals surface area contributed by atoms with E-state index in [-0.39, 0.29) is 5.91 Å². The van der Waals surface area contributed by atoms with Crippen molar-refractivity contribution in [1.82, 2.24) is 8.97 Å². The lowest BCUT2D eigenvalue weighted by Gasteiger charge is -2.12. The third kappa shape index (κ3) is 4.33. The molecule has 0 bridgehead atoms. The number of nitrogens with one attached hydrogen (secondary N) is 1. The maximum Gasteiger partial charge on any atom is 0.273 e. The minimum Gasteiger partial charge on any atom is -0.325 e. The Morgan fingerprint density at radius 3 is 2.39 bits per heavy atom. The van der Waals surface area contributed by atoms with Crippen LogP contribution in [0.25, 0.3) is 28.0 Å². The van der Waals surface area contributed by atoms with Crippen molar-refractivity contribution in [3.05, 3.63) is 106 Å². The number of anilines is 1. The van der Waals surface area contributed by atoms with Gasteiger partial charge in [0.15, 0.2) is 0 Å². The van der Waals surface area contributed by atoms with E-state index in [0.29, 0.717) is 22.3 Å². The summed E-state index contributed by atoms with van der Waals surface area (Å²) in [5, 5.41) is 3.72. The topological polar surface area (TPSA) is 38.4 Å². The van der Waals surface area contributed by atoms with E-state index in [1.165, 1.54) is 16.7 Å². The van der Waals surface area contributed by atoms with Crippen molar-refractivity contribution < 1.29 is 4.79 Å². The molecule has 0 fully saturated rings. The number of aromatic nitrogens is 2. The summed E-state index contributed by atoms with van der Waals surface area (Å²) in [6.45, 7) is 7.44. The number of carbonyl (C=O) groups is 1. The Bertz CT molecular complexity index is 1640. The minimum absolute atomic E-state index is 0.135. The third-order valence-electron chi connectivity index (χ3n) is 7.64. The van der Waals surface area contributed by atoms with Gasteiger partial charge in [-0.15, -0.1) is 0 Å². The first-order valence-electron chi connectivity index (χ1n) is 13.4. The van der Waals surface area contributed by atoms with Crippen LogP contribution in [0.2, 0.25) is 5.02 Å². The Kier molecular flexibility index (Phi) is 6.37. The predicted octanol–water partition coefficient (Wildman–Crippen LogP) is 8.75. The molecule has 3 aromatic carbocycles. The van der Waals surface area contributed by atoms with Gasteiger partial charge in [0.1, 0.15) is 11.3 Å². The average Bonchev–Trinajstić information content (AvgIpc) is 3.32. The number of hydrogen-bond donors (Lipinski definition) is 1. The lowest BCUT2D eigenvalue weighted by molar-refractivity contribution is 0.102. The number of rotatable bonds is 5. The summed E-state index contributed by atoms with van der Waals surface area (Å²) in [5.74, 6) is 0.315. The number of hydrogen-bond acceptors (Lipinski definition) is 1. The number of aryl methyl sites for hydroxylation is 3. The molecule has 1 aliphatic heterocycles. The van der Waals surface area contributed by atoms with Gasteiger partial charge in [-0.2, -0.15) is 0 Å². The molecule has 4 nitrogen and oxygen atoms in total. The molecule has 0 spiro atoms. The first-order chi connectivity index (χ1) is 18.4. The molecule has 3 heterocycles. The Labute approximate surface area is 228 Å². The molecule has 38 heavy (non-hydrogen) atoms. The molecule has 0 saturated heterocycles. The molecule has 0 unspecified atom stereocenters. The van der Waals surface area contributed by atoms with Gasteiger partial charge in [-0.1, -0.05) is 85.6 Å². The molecule has 1 amide bonds. The van der Waals surface area contributed by atoms with Crippen molar-refractivity contribution in [2.45, 2.75) is 52.5 Å². The van der Waals surface area contributed by atoms with E-state index < -0.39 is 0 Å². The molecule has 2 aromatic heterocycles. The molecule has 0 saturated carbocycles. The summed E-state index contributed by atoms with van der Waals surface area (Å²) >= 11 is 6.23. The van der Waals surface area contributed by atoms with Crippen molar-refractivity contribution in [3.8, 4) is 22.4 Å². The largest absolute Gasteiger partial charge is 0.325 e. The van der Waals surface area contributed by atoms with Gasteiger partial charge in [-0.3, -0.25) is 9.20 Å². The molecule has 0 atom stereocenters. The quantitative estimate of drug-likeness (QED) is 0.246. The zero-order valence-electron chi connectivity index (χ0n) is 22.1. The van der Waals surface area contributed by atoms with Crippen LogP contribution in [0.15, 0.2) is 79.0 Å². The van der Waals surface area contributed by atoms with E-state index >= 15 is 0 Å². The van der Waals surface area contributed by atoms with E-state index in [9.17, 15) is 4.79 Å². The lowest BCUT2D eigenvalue weighted by Crippen LogP contribution is -2.15. The second-order valence-electron chi connectivity index (χ2n) is 10.6. The van der Waals surface area contributed by atoms with Gasteiger partial charge < -0.3 is 9.88 Å². The highest BCUT2D eigenvalue weighted by Gasteiger charge is 2.29. The number of halogens is 1. The summed E-state index contributed by atoms with van der Waals surface area (Å²) in [4.78, 5) is 14.1. The molecule has 6 rings (SSSR count). The highest BCUT2D eigenvalue weighted by molar-refractivity contribution is 6.31. The summed E-state index contributed by atoms with van der Waals surface area (Å²) in [7, 11) is 0. The second kappa shape index (κ2) is 9.85. The van der Waals surface area contributed by atoms with Crippen molar-refractivity contribution >= 4 is 28.8 Å². The van der Waals surface area contributed by atoms with Gasteiger partial charge >= 0.3 is 0 Å². The van der Waals surface area contributed by atoms with Crippen molar-refractivity contribution in [3.63, 3.8) is 0 Å². The fourth-order valence-electron chi connectivity index (χ4n) is 5.67. The number of amides is 1. The molecule has 5 aromatic rings. The summed E-state index contributed by atoms with van der Waals surface area (Å²) in [6, 6.07) is 24.7. The van der Waals surface area contributed by atoms with Crippen LogP contribution in [-0.4, -0.2) is 14.9 Å². The first kappa shape index (κ1) is 24.6. The van der Waals surface area contributed by atoms with E-state index in [2.05, 4.69) is 89.8 Å². The zero-order valence-corrected chi connectivity index (χ0v) is 22.8. The summed E-state index contributed by atoms with van der Waals surface area (Å²) < 4.78 is 4.54. The Morgan fingerprint density at radius 1 is 0.947 bits per heavy atom. The number of imidazole rings is 1. The Balaban J connectivity index is 1.59. The first-order valence-corrected chi connectivity index (χ1v) is 13.8. The molecule has 0 aliphatic carbocycles. The molecule has 0 radical (unpaired) electrons. The second-order valence-corrected chi connectivity index (χ2v) is 11.1. The van der Waals surface area contributed by atoms with E-state index in [1.807, 2.05) is 18.2 Å². The van der Waals surface area contributed by atoms with Crippen LogP contribution in [0.4, 0.5) is 5.69 Å². The Hall–Kier alpha value is -3.76. The van der Waals surface area contributed by atoms with Gasteiger partial charge in [0.25, 0.3) is 5.91 Å². The Morgan fingerprint density at radius 2 is 1.68 bits per heavy atom. The van der Waals surface area contributed by atoms with E-state index in [0.717, 1.165) is 53.8 Å². The number of carbonyl (C=O) groups excluding carboxylic acids is 1. The molecule has 192 valence electrons. The molecule has 1 aliphatic rings. The lowest BCUT2D eigenvalue weighted by atomic mass is 9.95. The van der Waals surface area contributed by atoms with Crippen LogP contribution in [0.5, 0.6) is 0 Å². The van der Waals surface area contributed by atoms with Crippen molar-refractivity contribution in [2.75, 3.05) is 5.32 Å². The summed E-state index contributed by atoms with van der Waals surface area (Å²) in [6.07, 6.45) is 5.27. The monoisotopic (exact) mass is 521 g/mol. The SMILES string of the molecule is Cc1ccc(-c2cn3c(C(=O)Nc4cccc(Cl)c4)c(-c4ccc(C(C)C)cc4)c4c3n2CCCC4)cc1. The molecule has 5 heteroatoms. The third-order valence-corrected chi connectivity index (χ3v) is 7.88. The maximum atomic E-state index is 14.1. The van der Waals surface area contributed by atoms with Crippen LogP contribution in [0, 0.1) is 6.92 Å². The number of nitrogens with zero attached hydrogens (tertiary/aromatic N) is 2. The van der Waals surface area contributed by atoms with Crippen LogP contribution < -0.4 is 5.32 Å². The fourth-order valence-corrected chi connectivity index (χ4v) is 5.86. The highest BCUT2D eigenvalue weighted by atomic mass is 35.5. The molecular formula is C33H32ClN3O. The summed E-state index contributed by atoms with van der Waals surface area (Å²) in [5.41, 5.74) is 10.7. The van der Waals surface area contributed by atoms with Gasteiger partial charge in [-0.05, 0) is 67.0 Å². The van der Waals surface area contributed by atoms with Gasteiger partial charge in [0.05, 0.1) is 5.69 Å². The van der Waals surface area contributed by atoms with Crippen LogP contribution in [0.1, 0.15) is 59.8 Å². The van der Waals surface area contributed by atoms with Gasteiger partial charge in [0, 0.05) is 34.6 Å². The molecule has 1 N–H and O–H groups in total. The normalized spacial score (nSPS) is 13.2. The van der Waals surface area contributed by atoms with E-state index in [1.54, 1.807) is 6.07 Å². The van der Waals surface area contributed by atoms with Crippen LogP contribution in [-0.2, 0) is 13.0 Å². The minimum atomic E-state index is -0.135.